The zero-order valence-corrected chi connectivity index (χ0v) is 9.35. The van der Waals surface area contributed by atoms with Crippen LogP contribution in [-0.4, -0.2) is 29.7 Å². The fourth-order valence-electron chi connectivity index (χ4n) is 1.91. The number of rotatable bonds is 1. The Morgan fingerprint density at radius 2 is 2.00 bits per heavy atom. The summed E-state index contributed by atoms with van der Waals surface area (Å²) in [5.74, 6) is 1.81. The minimum absolute atomic E-state index is 0.496. The lowest BCUT2D eigenvalue weighted by molar-refractivity contribution is 0.664. The van der Waals surface area contributed by atoms with Crippen LogP contribution in [0.2, 0.25) is 0 Å². The van der Waals surface area contributed by atoms with Gasteiger partial charge in [0.15, 0.2) is 0 Å². The van der Waals surface area contributed by atoms with Crippen LogP contribution in [0.4, 0.5) is 0 Å². The van der Waals surface area contributed by atoms with Crippen LogP contribution in [0.15, 0.2) is 51.5 Å². The number of nitrogens with zero attached hydrogens (tertiary/aromatic N) is 3. The SMILES string of the molecule is ClC1=CC2=NCCN2C(c2ccccc2)=N1. The summed E-state index contributed by atoms with van der Waals surface area (Å²) >= 11 is 5.99. The topological polar surface area (TPSA) is 28.0 Å². The third-order valence-electron chi connectivity index (χ3n) is 2.62. The van der Waals surface area contributed by atoms with Crippen LogP contribution in [0, 0.1) is 0 Å². The zero-order chi connectivity index (χ0) is 11.0. The molecular formula is C12H10ClN3. The maximum atomic E-state index is 5.99. The van der Waals surface area contributed by atoms with Crippen molar-refractivity contribution in [3.63, 3.8) is 0 Å². The van der Waals surface area contributed by atoms with E-state index < -0.39 is 0 Å². The van der Waals surface area contributed by atoms with E-state index in [9.17, 15) is 0 Å². The Labute approximate surface area is 98.8 Å². The molecule has 0 aromatic heterocycles. The molecule has 0 bridgehead atoms. The van der Waals surface area contributed by atoms with Crippen LogP contribution in [0.1, 0.15) is 5.56 Å². The summed E-state index contributed by atoms with van der Waals surface area (Å²) in [4.78, 5) is 10.9. The molecule has 16 heavy (non-hydrogen) atoms. The Morgan fingerprint density at radius 3 is 2.81 bits per heavy atom. The van der Waals surface area contributed by atoms with Crippen molar-refractivity contribution >= 4 is 23.3 Å². The normalized spacial score (nSPS) is 18.8. The molecule has 0 spiro atoms. The molecular weight excluding hydrogens is 222 g/mol. The van der Waals surface area contributed by atoms with E-state index in [1.165, 1.54) is 0 Å². The molecule has 0 saturated carbocycles. The molecule has 0 fully saturated rings. The molecule has 4 heteroatoms. The van der Waals surface area contributed by atoms with Crippen molar-refractivity contribution in [3.05, 3.63) is 47.1 Å². The number of aliphatic imine (C=N–C) groups is 2. The lowest BCUT2D eigenvalue weighted by Gasteiger charge is -2.23. The van der Waals surface area contributed by atoms with Crippen molar-refractivity contribution in [2.45, 2.75) is 0 Å². The maximum Gasteiger partial charge on any atom is 0.143 e. The second-order valence-corrected chi connectivity index (χ2v) is 4.05. The van der Waals surface area contributed by atoms with Crippen LogP contribution >= 0.6 is 11.6 Å². The van der Waals surface area contributed by atoms with Crippen molar-refractivity contribution in [1.82, 2.24) is 4.90 Å². The van der Waals surface area contributed by atoms with Gasteiger partial charge in [-0.2, -0.15) is 0 Å². The summed E-state index contributed by atoms with van der Waals surface area (Å²) in [6.45, 7) is 1.69. The zero-order valence-electron chi connectivity index (χ0n) is 8.60. The molecule has 80 valence electrons. The first-order valence-corrected chi connectivity index (χ1v) is 5.56. The van der Waals surface area contributed by atoms with Crippen molar-refractivity contribution in [3.8, 4) is 0 Å². The van der Waals surface area contributed by atoms with Gasteiger partial charge >= 0.3 is 0 Å². The monoisotopic (exact) mass is 231 g/mol. The summed E-state index contributed by atoms with van der Waals surface area (Å²) in [5.41, 5.74) is 1.07. The standard InChI is InChI=1S/C12H10ClN3/c13-10-8-11-14-6-7-16(11)12(15-10)9-4-2-1-3-5-9/h1-5,8H,6-7H2. The second kappa shape index (κ2) is 3.76. The predicted molar refractivity (Wildman–Crippen MR) is 65.9 cm³/mol. The number of halogens is 1. The lowest BCUT2D eigenvalue weighted by Crippen LogP contribution is -2.36. The van der Waals surface area contributed by atoms with Gasteiger partial charge in [0.05, 0.1) is 6.54 Å². The van der Waals surface area contributed by atoms with Gasteiger partial charge in [-0.15, -0.1) is 0 Å². The van der Waals surface area contributed by atoms with E-state index in [1.807, 2.05) is 30.3 Å². The van der Waals surface area contributed by atoms with E-state index in [4.69, 9.17) is 11.6 Å². The molecule has 2 aliphatic heterocycles. The highest BCUT2D eigenvalue weighted by Gasteiger charge is 2.25. The summed E-state index contributed by atoms with van der Waals surface area (Å²) in [7, 11) is 0. The second-order valence-electron chi connectivity index (χ2n) is 3.66. The molecule has 2 aliphatic rings. The first kappa shape index (κ1) is 9.60. The highest BCUT2D eigenvalue weighted by molar-refractivity contribution is 6.34. The van der Waals surface area contributed by atoms with Crippen molar-refractivity contribution < 1.29 is 0 Å². The average molecular weight is 232 g/mol. The van der Waals surface area contributed by atoms with E-state index in [0.717, 1.165) is 30.3 Å². The fourth-order valence-corrected chi connectivity index (χ4v) is 2.09. The van der Waals surface area contributed by atoms with Crippen LogP contribution < -0.4 is 0 Å². The van der Waals surface area contributed by atoms with Gasteiger partial charge in [0, 0.05) is 18.2 Å². The summed E-state index contributed by atoms with van der Waals surface area (Å²) in [5, 5.41) is 0.496. The molecule has 0 amide bonds. The Bertz CT molecular complexity index is 502. The van der Waals surface area contributed by atoms with Gasteiger partial charge in [-0.1, -0.05) is 41.9 Å². The molecule has 0 aliphatic carbocycles. The minimum Gasteiger partial charge on any atom is -0.309 e. The molecule has 0 saturated heterocycles. The van der Waals surface area contributed by atoms with Gasteiger partial charge in [-0.3, -0.25) is 4.99 Å². The van der Waals surface area contributed by atoms with Gasteiger partial charge in [-0.05, 0) is 0 Å². The van der Waals surface area contributed by atoms with Crippen LogP contribution in [-0.2, 0) is 0 Å². The average Bonchev–Trinajstić information content (AvgIpc) is 2.77. The number of hydrogen-bond donors (Lipinski definition) is 0. The highest BCUT2D eigenvalue weighted by atomic mass is 35.5. The Kier molecular flexibility index (Phi) is 2.26. The quantitative estimate of drug-likeness (QED) is 0.682. The molecule has 2 heterocycles. The smallest absolute Gasteiger partial charge is 0.143 e. The molecule has 3 nitrogen and oxygen atoms in total. The van der Waals surface area contributed by atoms with Gasteiger partial charge in [0.1, 0.15) is 16.8 Å². The molecule has 0 N–H and O–H groups in total. The van der Waals surface area contributed by atoms with Gasteiger partial charge < -0.3 is 4.90 Å². The number of fused-ring (bicyclic) bond motifs is 1. The van der Waals surface area contributed by atoms with Crippen molar-refractivity contribution in [1.29, 1.82) is 0 Å². The largest absolute Gasteiger partial charge is 0.309 e. The first-order chi connectivity index (χ1) is 7.84. The Hall–Kier alpha value is -1.61. The fraction of sp³-hybridized carbons (Fsp3) is 0.167. The molecule has 0 unspecified atom stereocenters. The number of amidine groups is 2. The van der Waals surface area contributed by atoms with Crippen LogP contribution in [0.3, 0.4) is 0 Å². The van der Waals surface area contributed by atoms with Gasteiger partial charge in [-0.25, -0.2) is 4.99 Å². The highest BCUT2D eigenvalue weighted by Crippen LogP contribution is 2.20. The van der Waals surface area contributed by atoms with Gasteiger partial charge in [0.25, 0.3) is 0 Å². The maximum absolute atomic E-state index is 5.99. The minimum atomic E-state index is 0.496. The molecule has 1 aromatic rings. The molecule has 3 rings (SSSR count). The summed E-state index contributed by atoms with van der Waals surface area (Å²) in [6, 6.07) is 10.0. The van der Waals surface area contributed by atoms with Crippen LogP contribution in [0.25, 0.3) is 0 Å². The Balaban J connectivity index is 2.07. The van der Waals surface area contributed by atoms with E-state index in [2.05, 4.69) is 14.9 Å². The summed E-state index contributed by atoms with van der Waals surface area (Å²) < 4.78 is 0. The van der Waals surface area contributed by atoms with Crippen molar-refractivity contribution in [2.75, 3.05) is 13.1 Å². The van der Waals surface area contributed by atoms with E-state index in [-0.39, 0.29) is 0 Å². The Morgan fingerprint density at radius 1 is 1.19 bits per heavy atom. The summed E-state index contributed by atoms with van der Waals surface area (Å²) in [6.07, 6.45) is 1.81. The molecule has 0 atom stereocenters. The number of benzene rings is 1. The molecule has 1 aromatic carbocycles. The van der Waals surface area contributed by atoms with Crippen molar-refractivity contribution in [2.24, 2.45) is 9.98 Å². The van der Waals surface area contributed by atoms with Gasteiger partial charge in [0.2, 0.25) is 0 Å². The lowest BCUT2D eigenvalue weighted by atomic mass is 10.2. The third kappa shape index (κ3) is 1.53. The predicted octanol–water partition coefficient (Wildman–Crippen LogP) is 2.24. The van der Waals surface area contributed by atoms with Crippen LogP contribution in [0.5, 0.6) is 0 Å². The van der Waals surface area contributed by atoms with E-state index in [1.54, 1.807) is 6.08 Å². The first-order valence-electron chi connectivity index (χ1n) is 5.18. The third-order valence-corrected chi connectivity index (χ3v) is 2.82. The van der Waals surface area contributed by atoms with E-state index in [0.29, 0.717) is 5.16 Å². The molecule has 0 radical (unpaired) electrons. The number of hydrogen-bond acceptors (Lipinski definition) is 3. The van der Waals surface area contributed by atoms with E-state index >= 15 is 0 Å².